The van der Waals surface area contributed by atoms with Crippen LogP contribution < -0.4 is 5.32 Å². The number of alkyl carbamates (subject to hydrolysis) is 1. The van der Waals surface area contributed by atoms with Crippen LogP contribution in [0.2, 0.25) is 0 Å². The molecule has 0 aliphatic carbocycles. The number of hydrogen-bond donors (Lipinski definition) is 1. The van der Waals surface area contributed by atoms with Gasteiger partial charge >= 0.3 is 12.2 Å². The van der Waals surface area contributed by atoms with Gasteiger partial charge < -0.3 is 19.7 Å². The molecule has 1 aromatic rings. The largest absolute Gasteiger partial charge is 0.445 e. The Morgan fingerprint density at radius 3 is 2.53 bits per heavy atom. The molecule has 0 radical (unpaired) electrons. The summed E-state index contributed by atoms with van der Waals surface area (Å²) in [6, 6.07) is 8.98. The van der Waals surface area contributed by atoms with E-state index in [4.69, 9.17) is 9.47 Å². The number of ether oxygens (including phenoxy) is 2. The molecule has 1 fully saturated rings. The number of likely N-dealkylation sites (tertiary alicyclic amines) is 1. The minimum Gasteiger partial charge on any atom is -0.445 e. The second kappa shape index (κ2) is 11.2. The molecule has 0 aromatic heterocycles. The molecule has 7 nitrogen and oxygen atoms in total. The summed E-state index contributed by atoms with van der Waals surface area (Å²) < 4.78 is 10.9. The van der Waals surface area contributed by atoms with Crippen molar-refractivity contribution in [3.8, 4) is 0 Å². The summed E-state index contributed by atoms with van der Waals surface area (Å²) in [5.41, 5.74) is 0.308. The van der Waals surface area contributed by atoms with E-state index in [0.717, 1.165) is 18.4 Å². The highest BCUT2D eigenvalue weighted by atomic mass is 32.2. The summed E-state index contributed by atoms with van der Waals surface area (Å²) in [4.78, 5) is 38.2. The first kappa shape index (κ1) is 24.1. The van der Waals surface area contributed by atoms with E-state index in [2.05, 4.69) is 5.32 Å². The van der Waals surface area contributed by atoms with Gasteiger partial charge in [-0.05, 0) is 45.6 Å². The Kier molecular flexibility index (Phi) is 9.02. The molecule has 1 aliphatic heterocycles. The second-order valence-electron chi connectivity index (χ2n) is 8.32. The zero-order valence-corrected chi connectivity index (χ0v) is 19.0. The summed E-state index contributed by atoms with van der Waals surface area (Å²) in [5, 5.41) is 2.95. The van der Waals surface area contributed by atoms with Crippen molar-refractivity contribution >= 4 is 29.1 Å². The molecule has 2 unspecified atom stereocenters. The highest BCUT2D eigenvalue weighted by Gasteiger charge is 2.36. The van der Waals surface area contributed by atoms with E-state index in [0.29, 0.717) is 18.7 Å². The minimum absolute atomic E-state index is 0.0284. The first-order valence-electron chi connectivity index (χ1n) is 10.3. The van der Waals surface area contributed by atoms with Crippen LogP contribution in [0.5, 0.6) is 0 Å². The lowest BCUT2D eigenvalue weighted by atomic mass is 9.94. The third-order valence-electron chi connectivity index (χ3n) is 4.64. The average molecular weight is 437 g/mol. The van der Waals surface area contributed by atoms with Crippen molar-refractivity contribution < 1.29 is 23.9 Å². The molecular formula is C22H32N2O5S. The number of carbonyl (C=O) groups is 3. The predicted octanol–water partition coefficient (Wildman–Crippen LogP) is 4.35. The van der Waals surface area contributed by atoms with Gasteiger partial charge in [-0.2, -0.15) is 0 Å². The number of hydrogen-bond acceptors (Lipinski definition) is 6. The fraction of sp³-hybridized carbons (Fsp3) is 0.591. The van der Waals surface area contributed by atoms with Gasteiger partial charge in [0.1, 0.15) is 12.2 Å². The van der Waals surface area contributed by atoms with Crippen molar-refractivity contribution in [1.29, 1.82) is 0 Å². The number of thioether (sulfide) groups is 1. The lowest BCUT2D eigenvalue weighted by Gasteiger charge is -2.41. The highest BCUT2D eigenvalue weighted by molar-refractivity contribution is 8.13. The van der Waals surface area contributed by atoms with Gasteiger partial charge in [0.25, 0.3) is 0 Å². The van der Waals surface area contributed by atoms with Gasteiger partial charge in [-0.15, -0.1) is 0 Å². The summed E-state index contributed by atoms with van der Waals surface area (Å²) in [6.07, 6.45) is 1.14. The van der Waals surface area contributed by atoms with E-state index in [1.807, 2.05) is 51.1 Å². The number of carbonyl (C=O) groups excluding carboxylic acids is 3. The zero-order valence-electron chi connectivity index (χ0n) is 18.2. The normalized spacial score (nSPS) is 19.1. The van der Waals surface area contributed by atoms with Gasteiger partial charge in [-0.25, -0.2) is 9.59 Å². The fourth-order valence-electron chi connectivity index (χ4n) is 3.39. The number of benzene rings is 1. The van der Waals surface area contributed by atoms with Gasteiger partial charge in [-0.1, -0.05) is 42.1 Å². The number of piperidine rings is 1. The predicted molar refractivity (Wildman–Crippen MR) is 117 cm³/mol. The van der Waals surface area contributed by atoms with E-state index in [-0.39, 0.29) is 23.8 Å². The molecule has 1 aromatic carbocycles. The van der Waals surface area contributed by atoms with E-state index in [1.54, 1.807) is 4.90 Å². The second-order valence-corrected chi connectivity index (χ2v) is 9.60. The Morgan fingerprint density at radius 1 is 1.20 bits per heavy atom. The number of amides is 2. The van der Waals surface area contributed by atoms with Crippen LogP contribution in [0.25, 0.3) is 0 Å². The molecule has 8 heteroatoms. The maximum Gasteiger partial charge on any atom is 0.410 e. The summed E-state index contributed by atoms with van der Waals surface area (Å²) in [6.45, 7) is 7.68. The Hall–Kier alpha value is -2.22. The van der Waals surface area contributed by atoms with Crippen LogP contribution >= 0.6 is 11.8 Å². The van der Waals surface area contributed by atoms with Crippen LogP contribution in [-0.4, -0.2) is 52.2 Å². The maximum absolute atomic E-state index is 12.8. The zero-order chi connectivity index (χ0) is 22.1. The Morgan fingerprint density at radius 2 is 1.90 bits per heavy atom. The van der Waals surface area contributed by atoms with Gasteiger partial charge in [0.15, 0.2) is 5.12 Å². The van der Waals surface area contributed by atoms with Gasteiger partial charge in [0.05, 0.1) is 12.1 Å². The number of rotatable bonds is 6. The average Bonchev–Trinajstić information content (AvgIpc) is 2.66. The molecule has 1 aliphatic rings. The van der Waals surface area contributed by atoms with Crippen molar-refractivity contribution in [2.75, 3.05) is 12.3 Å². The lowest BCUT2D eigenvalue weighted by Crippen LogP contribution is -2.57. The van der Waals surface area contributed by atoms with Crippen LogP contribution in [0.1, 0.15) is 52.5 Å². The standard InChI is InChI=1S/C22H32N2O5S/c1-16(25)30-14-12-19-18(23-20(26)29-22(2,3)4)11-8-13-24(19)21(27)28-15-17-9-6-5-7-10-17/h5-7,9-10,18-19H,8,11-15H2,1-4H3,(H,23,26). The third kappa shape index (κ3) is 8.26. The number of nitrogens with one attached hydrogen (secondary N) is 1. The molecular weight excluding hydrogens is 404 g/mol. The topological polar surface area (TPSA) is 84.9 Å². The van der Waals surface area contributed by atoms with Crippen LogP contribution in [-0.2, 0) is 20.9 Å². The van der Waals surface area contributed by atoms with Crippen molar-refractivity contribution in [1.82, 2.24) is 10.2 Å². The van der Waals surface area contributed by atoms with Crippen LogP contribution in [0, 0.1) is 0 Å². The monoisotopic (exact) mass is 436 g/mol. The van der Waals surface area contributed by atoms with Crippen LogP contribution in [0.3, 0.4) is 0 Å². The van der Waals surface area contributed by atoms with Crippen molar-refractivity contribution in [2.45, 2.75) is 71.2 Å². The maximum atomic E-state index is 12.8. The molecule has 2 rings (SSSR count). The van der Waals surface area contributed by atoms with Gasteiger partial charge in [0.2, 0.25) is 0 Å². The van der Waals surface area contributed by atoms with Gasteiger partial charge in [-0.3, -0.25) is 4.79 Å². The Bertz CT molecular complexity index is 720. The first-order valence-corrected chi connectivity index (χ1v) is 11.2. The summed E-state index contributed by atoms with van der Waals surface area (Å²) in [7, 11) is 0. The number of nitrogens with zero attached hydrogens (tertiary/aromatic N) is 1. The minimum atomic E-state index is -0.604. The van der Waals surface area contributed by atoms with E-state index in [9.17, 15) is 14.4 Å². The Balaban J connectivity index is 2.05. The molecule has 1 N–H and O–H groups in total. The Labute approximate surface area is 182 Å². The molecule has 0 saturated carbocycles. The lowest BCUT2D eigenvalue weighted by molar-refractivity contribution is -0.109. The third-order valence-corrected chi connectivity index (χ3v) is 5.49. The van der Waals surface area contributed by atoms with Gasteiger partial charge in [0, 0.05) is 19.2 Å². The highest BCUT2D eigenvalue weighted by Crippen LogP contribution is 2.24. The summed E-state index contributed by atoms with van der Waals surface area (Å²) in [5.74, 6) is 0.564. The molecule has 0 bridgehead atoms. The molecule has 166 valence electrons. The molecule has 30 heavy (non-hydrogen) atoms. The molecule has 1 heterocycles. The molecule has 1 saturated heterocycles. The van der Waals surface area contributed by atoms with E-state index < -0.39 is 17.8 Å². The van der Waals surface area contributed by atoms with Crippen LogP contribution in [0.15, 0.2) is 30.3 Å². The molecule has 2 amide bonds. The van der Waals surface area contributed by atoms with Crippen molar-refractivity contribution in [2.24, 2.45) is 0 Å². The molecule has 0 spiro atoms. The fourth-order valence-corrected chi connectivity index (χ4v) is 4.04. The van der Waals surface area contributed by atoms with Crippen molar-refractivity contribution in [3.63, 3.8) is 0 Å². The quantitative estimate of drug-likeness (QED) is 0.714. The van der Waals surface area contributed by atoms with E-state index in [1.165, 1.54) is 18.7 Å². The molecule has 2 atom stereocenters. The first-order chi connectivity index (χ1) is 14.2. The summed E-state index contributed by atoms with van der Waals surface area (Å²) >= 11 is 1.22. The SMILES string of the molecule is CC(=O)SCCC1C(NC(=O)OC(C)(C)C)CCCN1C(=O)OCc1ccccc1. The van der Waals surface area contributed by atoms with Crippen molar-refractivity contribution in [3.05, 3.63) is 35.9 Å². The van der Waals surface area contributed by atoms with E-state index >= 15 is 0 Å². The van der Waals surface area contributed by atoms with Crippen LogP contribution in [0.4, 0.5) is 9.59 Å². The smallest absolute Gasteiger partial charge is 0.410 e.